The lowest BCUT2D eigenvalue weighted by atomic mass is 9.71. The van der Waals surface area contributed by atoms with Crippen LogP contribution >= 0.6 is 11.6 Å². The van der Waals surface area contributed by atoms with Crippen LogP contribution in [0.3, 0.4) is 0 Å². The molecule has 1 aliphatic rings. The zero-order valence-corrected chi connectivity index (χ0v) is 12.3. The molecule has 0 bridgehead atoms. The van der Waals surface area contributed by atoms with Crippen LogP contribution in [-0.4, -0.2) is 36.0 Å². The Hall–Kier alpha value is -1.15. The fourth-order valence-corrected chi connectivity index (χ4v) is 3.75. The normalized spacial score (nSPS) is 26.6. The summed E-state index contributed by atoms with van der Waals surface area (Å²) in [5.74, 6) is 0. The molecule has 1 heterocycles. The summed E-state index contributed by atoms with van der Waals surface area (Å²) in [6, 6.07) is 3.20. The molecule has 6 nitrogen and oxygen atoms in total. The van der Waals surface area contributed by atoms with Gasteiger partial charge in [-0.1, -0.05) is 11.6 Å². The van der Waals surface area contributed by atoms with Crippen molar-refractivity contribution < 1.29 is 13.5 Å². The molecule has 1 fully saturated rings. The Bertz CT molecular complexity index is 765. The average Bonchev–Trinajstić information content (AvgIpc) is 2.71. The van der Waals surface area contributed by atoms with E-state index in [1.165, 1.54) is 0 Å². The first-order valence-corrected chi connectivity index (χ1v) is 8.37. The molecule has 3 N–H and O–H groups in total. The van der Waals surface area contributed by atoms with Gasteiger partial charge in [0.1, 0.15) is 0 Å². The van der Waals surface area contributed by atoms with Crippen molar-refractivity contribution in [3.05, 3.63) is 28.9 Å². The van der Waals surface area contributed by atoms with Crippen molar-refractivity contribution in [2.75, 3.05) is 6.26 Å². The van der Waals surface area contributed by atoms with E-state index in [9.17, 15) is 13.5 Å². The second-order valence-electron chi connectivity index (χ2n) is 5.31. The van der Waals surface area contributed by atoms with Gasteiger partial charge in [-0.25, -0.2) is 13.1 Å². The number of hydrogen-bond acceptors (Lipinski definition) is 4. The molecule has 3 rings (SSSR count). The van der Waals surface area contributed by atoms with E-state index in [2.05, 4.69) is 14.9 Å². The fraction of sp³-hybridized carbons (Fsp3) is 0.417. The van der Waals surface area contributed by atoms with Crippen LogP contribution in [0.5, 0.6) is 0 Å². The lowest BCUT2D eigenvalue weighted by Crippen LogP contribution is -2.53. The maximum Gasteiger partial charge on any atom is 0.208 e. The van der Waals surface area contributed by atoms with Gasteiger partial charge < -0.3 is 5.11 Å². The van der Waals surface area contributed by atoms with Crippen LogP contribution in [0.15, 0.2) is 18.3 Å². The summed E-state index contributed by atoms with van der Waals surface area (Å²) in [6.07, 6.45) is 3.37. The molecule has 1 aromatic heterocycles. The fourth-order valence-electron chi connectivity index (χ4n) is 2.75. The lowest BCUT2D eigenvalue weighted by Gasteiger charge is -2.44. The number of aromatic amines is 1. The van der Waals surface area contributed by atoms with E-state index >= 15 is 0 Å². The minimum Gasteiger partial charge on any atom is -0.385 e. The first kappa shape index (κ1) is 13.8. The summed E-state index contributed by atoms with van der Waals surface area (Å²) >= 11 is 6.05. The molecule has 1 aromatic carbocycles. The first-order chi connectivity index (χ1) is 9.27. The Morgan fingerprint density at radius 3 is 2.85 bits per heavy atom. The molecule has 0 amide bonds. The summed E-state index contributed by atoms with van der Waals surface area (Å²) in [5.41, 5.74) is 0.302. The molecule has 108 valence electrons. The molecule has 0 aliphatic heterocycles. The third kappa shape index (κ3) is 2.42. The number of fused-ring (bicyclic) bond motifs is 1. The van der Waals surface area contributed by atoms with Crippen molar-refractivity contribution >= 4 is 32.5 Å². The standard InChI is InChI=1S/C12H14ClN3O3S/c1-20(18,19)16-9-4-12(17,5-9)10-3-8(13)2-7-6-14-15-11(7)10/h2-3,6,9,16-17H,4-5H2,1H3,(H,14,15). The maximum absolute atomic E-state index is 11.2. The van der Waals surface area contributed by atoms with Gasteiger partial charge in [-0.2, -0.15) is 5.10 Å². The molecule has 1 aliphatic carbocycles. The van der Waals surface area contributed by atoms with Crippen molar-refractivity contribution in [2.24, 2.45) is 0 Å². The van der Waals surface area contributed by atoms with Gasteiger partial charge >= 0.3 is 0 Å². The van der Waals surface area contributed by atoms with Gasteiger partial charge in [-0.15, -0.1) is 0 Å². The largest absolute Gasteiger partial charge is 0.385 e. The molecule has 0 atom stereocenters. The van der Waals surface area contributed by atoms with Crippen LogP contribution in [0, 0.1) is 0 Å². The minimum atomic E-state index is -3.26. The van der Waals surface area contributed by atoms with Gasteiger partial charge in [0.2, 0.25) is 10.0 Å². The number of sulfonamides is 1. The summed E-state index contributed by atoms with van der Waals surface area (Å²) in [7, 11) is -3.26. The maximum atomic E-state index is 11.2. The topological polar surface area (TPSA) is 95.1 Å². The molecule has 2 aromatic rings. The highest BCUT2D eigenvalue weighted by Gasteiger charge is 2.46. The molecular formula is C12H14ClN3O3S. The van der Waals surface area contributed by atoms with Gasteiger partial charge in [0.25, 0.3) is 0 Å². The summed E-state index contributed by atoms with van der Waals surface area (Å²) in [4.78, 5) is 0. The Morgan fingerprint density at radius 1 is 1.50 bits per heavy atom. The highest BCUT2D eigenvalue weighted by Crippen LogP contribution is 2.44. The average molecular weight is 316 g/mol. The predicted molar refractivity (Wildman–Crippen MR) is 76.0 cm³/mol. The quantitative estimate of drug-likeness (QED) is 0.791. The Morgan fingerprint density at radius 2 is 2.20 bits per heavy atom. The van der Waals surface area contributed by atoms with E-state index < -0.39 is 15.6 Å². The van der Waals surface area contributed by atoms with Crippen molar-refractivity contribution in [3.8, 4) is 0 Å². The van der Waals surface area contributed by atoms with E-state index in [0.29, 0.717) is 23.4 Å². The van der Waals surface area contributed by atoms with Crippen LogP contribution in [0.1, 0.15) is 18.4 Å². The van der Waals surface area contributed by atoms with Crippen molar-refractivity contribution in [1.29, 1.82) is 0 Å². The molecule has 20 heavy (non-hydrogen) atoms. The molecule has 8 heteroatoms. The smallest absolute Gasteiger partial charge is 0.208 e. The molecular weight excluding hydrogens is 302 g/mol. The number of aromatic nitrogens is 2. The second kappa shape index (κ2) is 4.42. The number of nitrogens with zero attached hydrogens (tertiary/aromatic N) is 1. The van der Waals surface area contributed by atoms with Gasteiger partial charge in [0.15, 0.2) is 0 Å². The van der Waals surface area contributed by atoms with E-state index in [-0.39, 0.29) is 6.04 Å². The summed E-state index contributed by atoms with van der Waals surface area (Å²) < 4.78 is 24.8. The van der Waals surface area contributed by atoms with Crippen LogP contribution < -0.4 is 4.72 Å². The number of halogens is 1. The van der Waals surface area contributed by atoms with Crippen molar-refractivity contribution in [3.63, 3.8) is 0 Å². The van der Waals surface area contributed by atoms with Crippen LogP contribution in [0.25, 0.3) is 10.9 Å². The highest BCUT2D eigenvalue weighted by atomic mass is 35.5. The molecule has 0 spiro atoms. The van der Waals surface area contributed by atoms with Crippen LogP contribution in [0.4, 0.5) is 0 Å². The zero-order valence-electron chi connectivity index (χ0n) is 10.7. The summed E-state index contributed by atoms with van der Waals surface area (Å²) in [5, 5.41) is 18.8. The van der Waals surface area contributed by atoms with Crippen molar-refractivity contribution in [2.45, 2.75) is 24.5 Å². The number of hydrogen-bond donors (Lipinski definition) is 3. The minimum absolute atomic E-state index is 0.257. The molecule has 1 saturated carbocycles. The Labute approximate surface area is 121 Å². The monoisotopic (exact) mass is 315 g/mol. The molecule has 0 unspecified atom stereocenters. The first-order valence-electron chi connectivity index (χ1n) is 6.10. The lowest BCUT2D eigenvalue weighted by molar-refractivity contribution is -0.0551. The van der Waals surface area contributed by atoms with Gasteiger partial charge in [-0.3, -0.25) is 5.10 Å². The third-order valence-corrected chi connectivity index (χ3v) is 4.54. The third-order valence-electron chi connectivity index (χ3n) is 3.56. The number of benzene rings is 1. The van der Waals surface area contributed by atoms with Crippen LogP contribution in [-0.2, 0) is 15.6 Å². The van der Waals surface area contributed by atoms with Crippen molar-refractivity contribution in [1.82, 2.24) is 14.9 Å². The number of H-pyrrole nitrogens is 1. The zero-order chi connectivity index (χ0) is 14.5. The van der Waals surface area contributed by atoms with E-state index in [4.69, 9.17) is 11.6 Å². The van der Waals surface area contributed by atoms with E-state index in [1.807, 2.05) is 0 Å². The van der Waals surface area contributed by atoms with E-state index in [1.54, 1.807) is 18.3 Å². The molecule has 0 radical (unpaired) electrons. The predicted octanol–water partition coefficient (Wildman–Crippen LogP) is 1.12. The number of aliphatic hydroxyl groups is 1. The number of rotatable bonds is 3. The van der Waals surface area contributed by atoms with E-state index in [0.717, 1.165) is 17.2 Å². The number of nitrogens with one attached hydrogen (secondary N) is 2. The Balaban J connectivity index is 1.91. The Kier molecular flexibility index (Phi) is 3.06. The highest BCUT2D eigenvalue weighted by molar-refractivity contribution is 7.88. The van der Waals surface area contributed by atoms with Gasteiger partial charge in [0.05, 0.1) is 23.6 Å². The van der Waals surface area contributed by atoms with Gasteiger partial charge in [0, 0.05) is 22.0 Å². The van der Waals surface area contributed by atoms with Crippen LogP contribution in [0.2, 0.25) is 5.02 Å². The molecule has 0 saturated heterocycles. The summed E-state index contributed by atoms with van der Waals surface area (Å²) in [6.45, 7) is 0. The SMILES string of the molecule is CS(=O)(=O)NC1CC(O)(c2cc(Cl)cc3cn[nH]c23)C1. The van der Waals surface area contributed by atoms with Gasteiger partial charge in [-0.05, 0) is 25.0 Å². The second-order valence-corrected chi connectivity index (χ2v) is 7.53.